The molecule has 0 saturated carbocycles. The molecule has 18 heavy (non-hydrogen) atoms. The third kappa shape index (κ3) is 3.73. The number of rotatable bonds is 6. The van der Waals surface area contributed by atoms with Crippen molar-refractivity contribution in [3.8, 4) is 0 Å². The summed E-state index contributed by atoms with van der Waals surface area (Å²) >= 11 is 1.42. The van der Waals surface area contributed by atoms with Crippen molar-refractivity contribution < 1.29 is 19.0 Å². The maximum Gasteiger partial charge on any atom is 0.315 e. The average Bonchev–Trinajstić information content (AvgIpc) is 2.44. The van der Waals surface area contributed by atoms with Crippen LogP contribution in [0.5, 0.6) is 0 Å². The molecule has 0 aromatic heterocycles. The molecule has 0 aliphatic rings. The third-order valence-electron chi connectivity index (χ3n) is 2.72. The zero-order chi connectivity index (χ0) is 13.6. The van der Waals surface area contributed by atoms with Gasteiger partial charge < -0.3 is 14.2 Å². The molecule has 0 atom stereocenters. The molecule has 0 aliphatic heterocycles. The van der Waals surface area contributed by atoms with Gasteiger partial charge in [-0.25, -0.2) is 0 Å². The van der Waals surface area contributed by atoms with Gasteiger partial charge in [-0.1, -0.05) is 12.1 Å². The molecule has 1 rings (SSSR count). The zero-order valence-electron chi connectivity index (χ0n) is 11.1. The molecular formula is C13H18O4S. The van der Waals surface area contributed by atoms with Crippen LogP contribution in [0.15, 0.2) is 29.2 Å². The highest BCUT2D eigenvalue weighted by Gasteiger charge is 2.25. The largest absolute Gasteiger partial charge is 0.468 e. The number of carbonyl (C=O) groups is 1. The van der Waals surface area contributed by atoms with Crippen LogP contribution in [0.2, 0.25) is 0 Å². The molecule has 0 radical (unpaired) electrons. The van der Waals surface area contributed by atoms with Gasteiger partial charge in [-0.15, -0.1) is 11.8 Å². The Balaban J connectivity index is 2.82. The van der Waals surface area contributed by atoms with E-state index >= 15 is 0 Å². The first-order chi connectivity index (χ1) is 8.55. The van der Waals surface area contributed by atoms with Crippen LogP contribution >= 0.6 is 11.8 Å². The van der Waals surface area contributed by atoms with Crippen molar-refractivity contribution in [3.63, 3.8) is 0 Å². The summed E-state index contributed by atoms with van der Waals surface area (Å²) in [6.07, 6.45) is 0. The average molecular weight is 270 g/mol. The van der Waals surface area contributed by atoms with Crippen molar-refractivity contribution >= 4 is 17.7 Å². The van der Waals surface area contributed by atoms with E-state index in [0.717, 1.165) is 10.5 Å². The van der Waals surface area contributed by atoms with E-state index in [0.29, 0.717) is 0 Å². The van der Waals surface area contributed by atoms with Gasteiger partial charge in [0.05, 0.1) is 12.9 Å². The lowest BCUT2D eigenvalue weighted by Gasteiger charge is -2.27. The number of hydrogen-bond donors (Lipinski definition) is 0. The number of methoxy groups -OCH3 is 3. The number of benzene rings is 1. The van der Waals surface area contributed by atoms with Crippen molar-refractivity contribution in [2.24, 2.45) is 0 Å². The van der Waals surface area contributed by atoms with E-state index in [2.05, 4.69) is 4.74 Å². The number of hydrogen-bond acceptors (Lipinski definition) is 5. The number of carbonyl (C=O) groups excluding carboxylic acids is 1. The molecule has 0 N–H and O–H groups in total. The van der Waals surface area contributed by atoms with E-state index in [1.54, 1.807) is 14.2 Å². The molecule has 4 nitrogen and oxygen atoms in total. The summed E-state index contributed by atoms with van der Waals surface area (Å²) in [5.41, 5.74) is 0.905. The van der Waals surface area contributed by atoms with E-state index in [1.807, 2.05) is 31.2 Å². The summed E-state index contributed by atoms with van der Waals surface area (Å²) in [7, 11) is 4.57. The maximum atomic E-state index is 11.1. The fourth-order valence-corrected chi connectivity index (χ4v) is 2.18. The van der Waals surface area contributed by atoms with Gasteiger partial charge in [-0.2, -0.15) is 0 Å². The van der Waals surface area contributed by atoms with Crippen LogP contribution in [-0.2, 0) is 24.8 Å². The molecular weight excluding hydrogens is 252 g/mol. The van der Waals surface area contributed by atoms with E-state index in [1.165, 1.54) is 18.9 Å². The highest BCUT2D eigenvalue weighted by atomic mass is 32.2. The van der Waals surface area contributed by atoms with Crippen molar-refractivity contribution in [2.45, 2.75) is 17.6 Å². The van der Waals surface area contributed by atoms with Crippen molar-refractivity contribution in [1.29, 1.82) is 0 Å². The second kappa shape index (κ2) is 6.78. The fourth-order valence-electron chi connectivity index (χ4n) is 1.39. The van der Waals surface area contributed by atoms with Gasteiger partial charge in [0.15, 0.2) is 5.79 Å². The summed E-state index contributed by atoms with van der Waals surface area (Å²) in [6.45, 7) is 1.84. The molecule has 1 aromatic carbocycles. The molecule has 0 fully saturated rings. The summed E-state index contributed by atoms with van der Waals surface area (Å²) in [4.78, 5) is 12.1. The van der Waals surface area contributed by atoms with Gasteiger partial charge in [-0.05, 0) is 19.1 Å². The van der Waals surface area contributed by atoms with E-state index in [-0.39, 0.29) is 11.7 Å². The zero-order valence-corrected chi connectivity index (χ0v) is 11.9. The Morgan fingerprint density at radius 3 is 2.50 bits per heavy atom. The number of esters is 1. The molecule has 100 valence electrons. The van der Waals surface area contributed by atoms with E-state index < -0.39 is 5.79 Å². The second-order valence-corrected chi connectivity index (χ2v) is 4.80. The molecule has 0 heterocycles. The van der Waals surface area contributed by atoms with Crippen molar-refractivity contribution in [2.75, 3.05) is 27.1 Å². The molecule has 0 spiro atoms. The summed E-state index contributed by atoms with van der Waals surface area (Å²) < 4.78 is 15.3. The number of ether oxygens (including phenoxy) is 3. The summed E-state index contributed by atoms with van der Waals surface area (Å²) in [6, 6.07) is 7.71. The fraction of sp³-hybridized carbons (Fsp3) is 0.462. The summed E-state index contributed by atoms with van der Waals surface area (Å²) in [5, 5.41) is 0. The first kappa shape index (κ1) is 15.0. The minimum Gasteiger partial charge on any atom is -0.468 e. The molecule has 1 aromatic rings. The molecule has 5 heteroatoms. The van der Waals surface area contributed by atoms with Gasteiger partial charge in [0, 0.05) is 24.7 Å². The SMILES string of the molecule is COC(=O)CSc1cccc(C(C)(OC)OC)c1. The highest BCUT2D eigenvalue weighted by Crippen LogP contribution is 2.29. The Morgan fingerprint density at radius 1 is 1.28 bits per heavy atom. The number of thioether (sulfide) groups is 1. The van der Waals surface area contributed by atoms with Crippen LogP contribution in [0.25, 0.3) is 0 Å². The Kier molecular flexibility index (Phi) is 5.65. The Morgan fingerprint density at radius 2 is 1.94 bits per heavy atom. The first-order valence-electron chi connectivity index (χ1n) is 5.46. The van der Waals surface area contributed by atoms with Crippen molar-refractivity contribution in [1.82, 2.24) is 0 Å². The minimum atomic E-state index is -0.776. The standard InChI is InChI=1S/C13H18O4S/c1-13(16-3,17-4)10-6-5-7-11(8-10)18-9-12(14)15-2/h5-8H,9H2,1-4H3. The molecule has 0 saturated heterocycles. The molecule has 0 amide bonds. The third-order valence-corrected chi connectivity index (χ3v) is 3.69. The van der Waals surface area contributed by atoms with Gasteiger partial charge >= 0.3 is 5.97 Å². The minimum absolute atomic E-state index is 0.244. The van der Waals surface area contributed by atoms with Gasteiger partial charge in [0.1, 0.15) is 0 Å². The monoisotopic (exact) mass is 270 g/mol. The predicted octanol–water partition coefficient (Wildman–Crippen LogP) is 2.42. The van der Waals surface area contributed by atoms with Gasteiger partial charge in [0.2, 0.25) is 0 Å². The molecule has 0 bridgehead atoms. The Hall–Kier alpha value is -1.04. The van der Waals surface area contributed by atoms with Gasteiger partial charge in [-0.3, -0.25) is 4.79 Å². The van der Waals surface area contributed by atoms with E-state index in [4.69, 9.17) is 9.47 Å². The van der Waals surface area contributed by atoms with Crippen LogP contribution in [0.3, 0.4) is 0 Å². The first-order valence-corrected chi connectivity index (χ1v) is 6.44. The second-order valence-electron chi connectivity index (χ2n) is 3.75. The molecule has 0 unspecified atom stereocenters. The van der Waals surface area contributed by atoms with Gasteiger partial charge in [0.25, 0.3) is 0 Å². The van der Waals surface area contributed by atoms with Crippen LogP contribution in [0.4, 0.5) is 0 Å². The lowest BCUT2D eigenvalue weighted by atomic mass is 10.1. The maximum absolute atomic E-state index is 11.1. The van der Waals surface area contributed by atoms with Crippen LogP contribution in [-0.4, -0.2) is 33.1 Å². The predicted molar refractivity (Wildman–Crippen MR) is 70.6 cm³/mol. The lowest BCUT2D eigenvalue weighted by Crippen LogP contribution is -2.26. The van der Waals surface area contributed by atoms with Crippen LogP contribution < -0.4 is 0 Å². The highest BCUT2D eigenvalue weighted by molar-refractivity contribution is 8.00. The van der Waals surface area contributed by atoms with Crippen molar-refractivity contribution in [3.05, 3.63) is 29.8 Å². The topological polar surface area (TPSA) is 44.8 Å². The Labute approximate surface area is 112 Å². The Bertz CT molecular complexity index is 402. The quantitative estimate of drug-likeness (QED) is 0.451. The smallest absolute Gasteiger partial charge is 0.315 e. The lowest BCUT2D eigenvalue weighted by molar-refractivity contribution is -0.201. The van der Waals surface area contributed by atoms with E-state index in [9.17, 15) is 4.79 Å². The van der Waals surface area contributed by atoms with Crippen LogP contribution in [0, 0.1) is 0 Å². The van der Waals surface area contributed by atoms with Crippen LogP contribution in [0.1, 0.15) is 12.5 Å². The molecule has 0 aliphatic carbocycles. The summed E-state index contributed by atoms with van der Waals surface area (Å²) in [5.74, 6) is -0.731. The normalized spacial score (nSPS) is 11.3.